The Balaban J connectivity index is 1.58. The number of halogens is 2. The van der Waals surface area contributed by atoms with Gasteiger partial charge in [-0.2, -0.15) is 0 Å². The monoisotopic (exact) mass is 456 g/mol. The fraction of sp³-hybridized carbons (Fsp3) is 0.261. The summed E-state index contributed by atoms with van der Waals surface area (Å²) >= 11 is 6.12. The summed E-state index contributed by atoms with van der Waals surface area (Å²) in [7, 11) is 0. The number of pyridine rings is 1. The number of fused-ring (bicyclic) bond motifs is 1. The van der Waals surface area contributed by atoms with E-state index in [9.17, 15) is 19.1 Å². The second kappa shape index (κ2) is 9.00. The lowest BCUT2D eigenvalue weighted by atomic mass is 10.0. The van der Waals surface area contributed by atoms with E-state index in [-0.39, 0.29) is 17.5 Å². The molecule has 2 aromatic carbocycles. The molecule has 3 aromatic rings. The summed E-state index contributed by atoms with van der Waals surface area (Å²) in [6.07, 6.45) is 0.508. The zero-order valence-electron chi connectivity index (χ0n) is 17.4. The molecule has 166 valence electrons. The molecule has 0 saturated carbocycles. The van der Waals surface area contributed by atoms with Crippen molar-refractivity contribution in [2.75, 3.05) is 36.4 Å². The Kier molecular flexibility index (Phi) is 6.14. The molecule has 2 amide bonds. The van der Waals surface area contributed by atoms with Crippen LogP contribution in [0.2, 0.25) is 5.02 Å². The molecule has 0 aliphatic carbocycles. The number of carbonyl (C=O) groups excluding carboxylic acids is 1. The maximum atomic E-state index is 13.1. The molecule has 1 saturated heterocycles. The van der Waals surface area contributed by atoms with Crippen molar-refractivity contribution < 1.29 is 19.1 Å². The van der Waals surface area contributed by atoms with Gasteiger partial charge in [0.25, 0.3) is 0 Å². The van der Waals surface area contributed by atoms with Gasteiger partial charge in [-0.25, -0.2) is 19.0 Å². The molecule has 0 spiro atoms. The number of aromatic carboxylic acids is 1. The number of anilines is 2. The maximum Gasteiger partial charge on any atom is 0.354 e. The lowest BCUT2D eigenvalue weighted by Gasteiger charge is -2.37. The van der Waals surface area contributed by atoms with E-state index in [1.54, 1.807) is 17.0 Å². The highest BCUT2D eigenvalue weighted by atomic mass is 35.5. The van der Waals surface area contributed by atoms with E-state index in [4.69, 9.17) is 11.6 Å². The van der Waals surface area contributed by atoms with Crippen LogP contribution in [0.15, 0.2) is 42.5 Å². The summed E-state index contributed by atoms with van der Waals surface area (Å²) < 4.78 is 13.1. The number of carboxylic acid groups (broad SMARTS) is 1. The fourth-order valence-corrected chi connectivity index (χ4v) is 4.17. The zero-order valence-corrected chi connectivity index (χ0v) is 18.2. The molecule has 1 aromatic heterocycles. The number of carbonyl (C=O) groups is 2. The zero-order chi connectivity index (χ0) is 22.8. The van der Waals surface area contributed by atoms with E-state index >= 15 is 0 Å². The lowest BCUT2D eigenvalue weighted by molar-refractivity contribution is 0.0689. The average molecular weight is 457 g/mol. The first-order chi connectivity index (χ1) is 15.4. The number of nitrogens with zero attached hydrogens (tertiary/aromatic N) is 3. The van der Waals surface area contributed by atoms with Crippen molar-refractivity contribution in [3.63, 3.8) is 0 Å². The number of urea groups is 1. The Hall–Kier alpha value is -3.39. The minimum absolute atomic E-state index is 0.0220. The van der Waals surface area contributed by atoms with Crippen molar-refractivity contribution in [2.45, 2.75) is 13.3 Å². The molecular formula is C23H22ClFN4O3. The molecule has 7 nitrogen and oxygen atoms in total. The fourth-order valence-electron chi connectivity index (χ4n) is 4.00. The smallest absolute Gasteiger partial charge is 0.354 e. The van der Waals surface area contributed by atoms with Crippen LogP contribution in [0.1, 0.15) is 23.0 Å². The van der Waals surface area contributed by atoms with E-state index in [0.29, 0.717) is 54.4 Å². The summed E-state index contributed by atoms with van der Waals surface area (Å²) in [6, 6.07) is 10.6. The van der Waals surface area contributed by atoms with Crippen LogP contribution in [0.3, 0.4) is 0 Å². The molecule has 0 unspecified atom stereocenters. The van der Waals surface area contributed by atoms with E-state index in [1.165, 1.54) is 24.3 Å². The van der Waals surface area contributed by atoms with Gasteiger partial charge in [0, 0.05) is 47.8 Å². The van der Waals surface area contributed by atoms with Crippen LogP contribution >= 0.6 is 11.6 Å². The van der Waals surface area contributed by atoms with Crippen LogP contribution in [0.5, 0.6) is 0 Å². The van der Waals surface area contributed by atoms with Gasteiger partial charge in [0.05, 0.1) is 11.2 Å². The van der Waals surface area contributed by atoms with E-state index in [2.05, 4.69) is 15.2 Å². The van der Waals surface area contributed by atoms with Crippen molar-refractivity contribution in [3.8, 4) is 0 Å². The third-order valence-corrected chi connectivity index (χ3v) is 5.79. The van der Waals surface area contributed by atoms with Crippen LogP contribution in [-0.4, -0.2) is 53.2 Å². The number of carboxylic acids is 1. The van der Waals surface area contributed by atoms with Crippen LogP contribution in [0.4, 0.5) is 20.6 Å². The second-order valence-corrected chi connectivity index (χ2v) is 7.96. The number of rotatable bonds is 4. The Labute approximate surface area is 189 Å². The molecule has 32 heavy (non-hydrogen) atoms. The third-order valence-electron chi connectivity index (χ3n) is 5.55. The Bertz CT molecular complexity index is 1180. The van der Waals surface area contributed by atoms with Crippen molar-refractivity contribution in [1.29, 1.82) is 0 Å². The Morgan fingerprint density at radius 3 is 2.44 bits per heavy atom. The van der Waals surface area contributed by atoms with Gasteiger partial charge in [0.15, 0.2) is 5.69 Å². The quantitative estimate of drug-likeness (QED) is 0.597. The average Bonchev–Trinajstić information content (AvgIpc) is 2.79. The predicted octanol–water partition coefficient (Wildman–Crippen LogP) is 4.64. The number of aromatic nitrogens is 1. The van der Waals surface area contributed by atoms with Crippen molar-refractivity contribution in [1.82, 2.24) is 9.88 Å². The van der Waals surface area contributed by atoms with Gasteiger partial charge >= 0.3 is 12.0 Å². The molecule has 2 heterocycles. The predicted molar refractivity (Wildman–Crippen MR) is 122 cm³/mol. The summed E-state index contributed by atoms with van der Waals surface area (Å²) in [5.74, 6) is -1.45. The topological polar surface area (TPSA) is 85.8 Å². The summed E-state index contributed by atoms with van der Waals surface area (Å²) in [6.45, 7) is 3.88. The molecule has 0 bridgehead atoms. The summed E-state index contributed by atoms with van der Waals surface area (Å²) in [5.41, 5.74) is 2.56. The first-order valence-corrected chi connectivity index (χ1v) is 10.7. The van der Waals surface area contributed by atoms with Gasteiger partial charge in [0.2, 0.25) is 0 Å². The highest BCUT2D eigenvalue weighted by Crippen LogP contribution is 2.34. The van der Waals surface area contributed by atoms with Crippen molar-refractivity contribution in [3.05, 3.63) is 64.6 Å². The molecule has 9 heteroatoms. The van der Waals surface area contributed by atoms with Gasteiger partial charge in [-0.3, -0.25) is 0 Å². The summed E-state index contributed by atoms with van der Waals surface area (Å²) in [4.78, 5) is 32.6. The molecule has 1 aliphatic rings. The van der Waals surface area contributed by atoms with E-state index < -0.39 is 5.97 Å². The largest absolute Gasteiger partial charge is 0.477 e. The lowest BCUT2D eigenvalue weighted by Crippen LogP contribution is -2.50. The maximum absolute atomic E-state index is 13.1. The number of amides is 2. The van der Waals surface area contributed by atoms with Crippen LogP contribution in [0, 0.1) is 5.82 Å². The highest BCUT2D eigenvalue weighted by Gasteiger charge is 2.27. The van der Waals surface area contributed by atoms with Crippen LogP contribution in [-0.2, 0) is 6.42 Å². The summed E-state index contributed by atoms with van der Waals surface area (Å²) in [5, 5.41) is 13.8. The minimum Gasteiger partial charge on any atom is -0.477 e. The van der Waals surface area contributed by atoms with Crippen molar-refractivity contribution in [2.24, 2.45) is 0 Å². The molecule has 2 N–H and O–H groups in total. The van der Waals surface area contributed by atoms with Gasteiger partial charge < -0.3 is 20.2 Å². The standard InChI is InChI=1S/C23H22ClFN4O3/c1-2-17-20(22(30)31)27-19-13-14(24)3-8-18(19)21(17)28-9-11-29(12-10-28)23(32)26-16-6-4-15(25)5-7-16/h3-8,13H,2,9-12H2,1H3,(H,26,32)(H,30,31). The van der Waals surface area contributed by atoms with E-state index in [0.717, 1.165) is 11.1 Å². The van der Waals surface area contributed by atoms with Crippen molar-refractivity contribution >= 4 is 45.9 Å². The van der Waals surface area contributed by atoms with Crippen LogP contribution < -0.4 is 10.2 Å². The first kappa shape index (κ1) is 21.8. The minimum atomic E-state index is -1.08. The Morgan fingerprint density at radius 1 is 1.12 bits per heavy atom. The number of piperazine rings is 1. The van der Waals surface area contributed by atoms with Gasteiger partial charge in [-0.05, 0) is 48.9 Å². The van der Waals surface area contributed by atoms with Gasteiger partial charge in [-0.1, -0.05) is 18.5 Å². The SMILES string of the molecule is CCc1c(C(=O)O)nc2cc(Cl)ccc2c1N1CCN(C(=O)Nc2ccc(F)cc2)CC1. The molecule has 1 fully saturated rings. The second-order valence-electron chi connectivity index (χ2n) is 7.52. The first-order valence-electron chi connectivity index (χ1n) is 10.3. The molecule has 0 radical (unpaired) electrons. The molecule has 0 atom stereocenters. The van der Waals surface area contributed by atoms with Gasteiger partial charge in [-0.15, -0.1) is 0 Å². The normalized spacial score (nSPS) is 14.0. The Morgan fingerprint density at radius 2 is 1.81 bits per heavy atom. The number of benzene rings is 2. The highest BCUT2D eigenvalue weighted by molar-refractivity contribution is 6.31. The molecule has 1 aliphatic heterocycles. The molecular weight excluding hydrogens is 435 g/mol. The number of hydrogen-bond acceptors (Lipinski definition) is 4. The number of nitrogens with one attached hydrogen (secondary N) is 1. The number of hydrogen-bond donors (Lipinski definition) is 2. The van der Waals surface area contributed by atoms with Gasteiger partial charge in [0.1, 0.15) is 5.82 Å². The third kappa shape index (κ3) is 4.31. The van der Waals surface area contributed by atoms with Crippen LogP contribution in [0.25, 0.3) is 10.9 Å². The molecule has 4 rings (SSSR count). The van der Waals surface area contributed by atoms with E-state index in [1.807, 2.05) is 13.0 Å².